The average molecular weight is 166 g/mol. The summed E-state index contributed by atoms with van der Waals surface area (Å²) in [5.41, 5.74) is 0. The summed E-state index contributed by atoms with van der Waals surface area (Å²) in [6, 6.07) is 0. The second kappa shape index (κ2) is 6.95. The lowest BCUT2D eigenvalue weighted by atomic mass is 9.83. The minimum Gasteiger partial charge on any atom is -0.482 e. The third kappa shape index (κ3) is 6.02. The van der Waals surface area contributed by atoms with Gasteiger partial charge in [-0.25, -0.2) is 0 Å². The largest absolute Gasteiger partial charge is 0.482 e. The molecule has 0 bridgehead atoms. The van der Waals surface area contributed by atoms with E-state index in [4.69, 9.17) is 13.0 Å². The average Bonchev–Trinajstić information content (AvgIpc) is 2.03. The molecule has 0 amide bonds. The number of carboxylic acids is 1. The van der Waals surface area contributed by atoms with Gasteiger partial charge in [0.05, 0.1) is 7.85 Å². The van der Waals surface area contributed by atoms with Gasteiger partial charge in [-0.15, -0.1) is 6.58 Å². The fourth-order valence-electron chi connectivity index (χ4n) is 0.953. The summed E-state index contributed by atoms with van der Waals surface area (Å²) in [6.45, 7) is 3.60. The monoisotopic (exact) mass is 166 g/mol. The molecule has 0 aliphatic heterocycles. The normalized spacial score (nSPS) is 12.3. The SMILES string of the molecule is [B]C(CCCCCC=C)C(=O)O. The van der Waals surface area contributed by atoms with Crippen molar-refractivity contribution < 1.29 is 9.90 Å². The van der Waals surface area contributed by atoms with Gasteiger partial charge in [-0.2, -0.15) is 0 Å². The third-order valence-electron chi connectivity index (χ3n) is 1.74. The lowest BCUT2D eigenvalue weighted by Crippen LogP contribution is -2.06. The number of unbranched alkanes of at least 4 members (excludes halogenated alkanes) is 3. The van der Waals surface area contributed by atoms with Crippen LogP contribution in [0.15, 0.2) is 12.7 Å². The summed E-state index contributed by atoms with van der Waals surface area (Å²) in [5, 5.41) is 8.44. The zero-order valence-electron chi connectivity index (χ0n) is 7.33. The van der Waals surface area contributed by atoms with Crippen molar-refractivity contribution in [2.75, 3.05) is 0 Å². The van der Waals surface area contributed by atoms with E-state index in [0.29, 0.717) is 6.42 Å². The van der Waals surface area contributed by atoms with E-state index in [2.05, 4.69) is 6.58 Å². The first kappa shape index (κ1) is 11.3. The van der Waals surface area contributed by atoms with E-state index >= 15 is 0 Å². The Kier molecular flexibility index (Phi) is 6.53. The van der Waals surface area contributed by atoms with Gasteiger partial charge in [0, 0.05) is 5.82 Å². The molecular weight excluding hydrogens is 151 g/mol. The van der Waals surface area contributed by atoms with E-state index in [1.54, 1.807) is 0 Å². The molecule has 0 aromatic heterocycles. The Morgan fingerprint density at radius 3 is 2.67 bits per heavy atom. The van der Waals surface area contributed by atoms with Crippen LogP contribution in [0.2, 0.25) is 5.82 Å². The Balaban J connectivity index is 3.19. The highest BCUT2D eigenvalue weighted by Crippen LogP contribution is 2.12. The molecule has 0 aromatic rings. The molecule has 12 heavy (non-hydrogen) atoms. The molecule has 2 nitrogen and oxygen atoms in total. The molecule has 3 heteroatoms. The number of allylic oxidation sites excluding steroid dienone is 1. The van der Waals surface area contributed by atoms with Crippen molar-refractivity contribution in [1.29, 1.82) is 0 Å². The maximum atomic E-state index is 10.3. The highest BCUT2D eigenvalue weighted by molar-refractivity contribution is 6.22. The Morgan fingerprint density at radius 2 is 2.17 bits per heavy atom. The fraction of sp³-hybridized carbons (Fsp3) is 0.667. The van der Waals surface area contributed by atoms with Gasteiger partial charge in [-0.1, -0.05) is 18.9 Å². The van der Waals surface area contributed by atoms with Gasteiger partial charge < -0.3 is 5.11 Å². The van der Waals surface area contributed by atoms with Crippen molar-refractivity contribution in [2.45, 2.75) is 37.9 Å². The van der Waals surface area contributed by atoms with Crippen molar-refractivity contribution in [3.05, 3.63) is 12.7 Å². The number of hydrogen-bond donors (Lipinski definition) is 1. The Hall–Kier alpha value is -0.725. The maximum Gasteiger partial charge on any atom is 0.297 e. The fourth-order valence-corrected chi connectivity index (χ4v) is 0.953. The van der Waals surface area contributed by atoms with Gasteiger partial charge in [0.25, 0.3) is 5.97 Å². The zero-order valence-corrected chi connectivity index (χ0v) is 7.33. The minimum atomic E-state index is -0.904. The summed E-state index contributed by atoms with van der Waals surface area (Å²) in [6.07, 6.45) is 6.45. The molecule has 0 aliphatic carbocycles. The van der Waals surface area contributed by atoms with E-state index in [0.717, 1.165) is 25.7 Å². The molecular formula is C9H15BO2. The highest BCUT2D eigenvalue weighted by atomic mass is 16.4. The predicted octanol–water partition coefficient (Wildman–Crippen LogP) is 2.16. The van der Waals surface area contributed by atoms with E-state index in [1.807, 2.05) is 6.08 Å². The van der Waals surface area contributed by atoms with Crippen LogP contribution in [-0.4, -0.2) is 18.9 Å². The Labute approximate surface area is 75.1 Å². The van der Waals surface area contributed by atoms with Crippen LogP contribution in [-0.2, 0) is 4.79 Å². The molecule has 1 unspecified atom stereocenters. The van der Waals surface area contributed by atoms with Gasteiger partial charge in [0.1, 0.15) is 0 Å². The smallest absolute Gasteiger partial charge is 0.297 e. The topological polar surface area (TPSA) is 37.3 Å². The quantitative estimate of drug-likeness (QED) is 0.357. The molecule has 1 N–H and O–H groups in total. The first-order valence-corrected chi connectivity index (χ1v) is 4.27. The number of aliphatic carboxylic acids is 1. The molecule has 66 valence electrons. The first-order valence-electron chi connectivity index (χ1n) is 4.27. The molecule has 0 saturated heterocycles. The molecule has 1 atom stereocenters. The second-order valence-corrected chi connectivity index (χ2v) is 2.87. The summed E-state index contributed by atoms with van der Waals surface area (Å²) in [5.74, 6) is -1.59. The number of hydrogen-bond acceptors (Lipinski definition) is 1. The predicted molar refractivity (Wildman–Crippen MR) is 50.4 cm³/mol. The lowest BCUT2D eigenvalue weighted by molar-refractivity contribution is -0.137. The lowest BCUT2D eigenvalue weighted by Gasteiger charge is -2.04. The molecule has 0 rings (SSSR count). The summed E-state index contributed by atoms with van der Waals surface area (Å²) in [4.78, 5) is 10.3. The Bertz CT molecular complexity index is 145. The first-order chi connectivity index (χ1) is 5.68. The van der Waals surface area contributed by atoms with Crippen molar-refractivity contribution in [3.8, 4) is 0 Å². The van der Waals surface area contributed by atoms with Crippen LogP contribution < -0.4 is 0 Å². The number of rotatable bonds is 7. The molecule has 0 saturated carbocycles. The third-order valence-corrected chi connectivity index (χ3v) is 1.74. The van der Waals surface area contributed by atoms with Gasteiger partial charge in [-0.3, -0.25) is 4.79 Å². The highest BCUT2D eigenvalue weighted by Gasteiger charge is 2.08. The maximum absolute atomic E-state index is 10.3. The van der Waals surface area contributed by atoms with Gasteiger partial charge in [0.2, 0.25) is 0 Å². The molecule has 2 radical (unpaired) electrons. The van der Waals surface area contributed by atoms with Gasteiger partial charge in [0.15, 0.2) is 0 Å². The van der Waals surface area contributed by atoms with Crippen LogP contribution in [0.4, 0.5) is 0 Å². The van der Waals surface area contributed by atoms with Crippen LogP contribution in [0.25, 0.3) is 0 Å². The van der Waals surface area contributed by atoms with Gasteiger partial charge >= 0.3 is 0 Å². The summed E-state index contributed by atoms with van der Waals surface area (Å²) >= 11 is 0. The van der Waals surface area contributed by atoms with Crippen molar-refractivity contribution >= 4 is 13.8 Å². The van der Waals surface area contributed by atoms with E-state index in [9.17, 15) is 4.79 Å². The van der Waals surface area contributed by atoms with Crippen molar-refractivity contribution in [3.63, 3.8) is 0 Å². The van der Waals surface area contributed by atoms with Crippen LogP contribution in [0.5, 0.6) is 0 Å². The number of carbonyl (C=O) groups is 1. The molecule has 0 aromatic carbocycles. The second-order valence-electron chi connectivity index (χ2n) is 2.87. The molecule has 0 heterocycles. The van der Waals surface area contributed by atoms with E-state index in [-0.39, 0.29) is 0 Å². The van der Waals surface area contributed by atoms with Crippen LogP contribution in [0, 0.1) is 0 Å². The van der Waals surface area contributed by atoms with Crippen LogP contribution in [0.3, 0.4) is 0 Å². The standard InChI is InChI=1S/C9H15BO2/c1-2-3-4-5-6-7-8(10)9(11)12/h2,8H,1,3-7H2,(H,11,12). The molecule has 0 fully saturated rings. The van der Waals surface area contributed by atoms with E-state index in [1.165, 1.54) is 0 Å². The zero-order chi connectivity index (χ0) is 9.40. The van der Waals surface area contributed by atoms with Crippen LogP contribution >= 0.6 is 0 Å². The van der Waals surface area contributed by atoms with Crippen molar-refractivity contribution in [1.82, 2.24) is 0 Å². The summed E-state index contributed by atoms with van der Waals surface area (Å²) < 4.78 is 0. The van der Waals surface area contributed by atoms with Gasteiger partial charge in [-0.05, 0) is 19.3 Å². The molecule has 0 spiro atoms. The Morgan fingerprint density at radius 1 is 1.50 bits per heavy atom. The van der Waals surface area contributed by atoms with Crippen LogP contribution in [0.1, 0.15) is 32.1 Å². The minimum absolute atomic E-state index is 0.576. The number of carboxylic acid groups (broad SMARTS) is 1. The van der Waals surface area contributed by atoms with E-state index < -0.39 is 11.8 Å². The molecule has 0 aliphatic rings. The summed E-state index contributed by atoms with van der Waals surface area (Å²) in [7, 11) is 5.31. The van der Waals surface area contributed by atoms with Crippen molar-refractivity contribution in [2.24, 2.45) is 0 Å².